The normalized spacial score (nSPS) is 10.7. The Morgan fingerprint density at radius 2 is 1.20 bits per heavy atom. The summed E-state index contributed by atoms with van der Waals surface area (Å²) in [4.78, 5) is 22.7. The summed E-state index contributed by atoms with van der Waals surface area (Å²) < 4.78 is 10.5. The first-order valence-corrected chi connectivity index (χ1v) is 9.96. The first kappa shape index (κ1) is 21.6. The molecule has 3 aromatic carbocycles. The van der Waals surface area contributed by atoms with E-state index in [0.29, 0.717) is 16.5 Å². The Morgan fingerprint density at radius 3 is 1.60 bits per heavy atom. The molecule has 0 heterocycles. The Morgan fingerprint density at radius 1 is 0.733 bits per heavy atom. The minimum atomic E-state index is -0.353. The highest BCUT2D eigenvalue weighted by Crippen LogP contribution is 2.36. The average Bonchev–Trinajstić information content (AvgIpc) is 2.66. The molecule has 5 heteroatoms. The lowest BCUT2D eigenvalue weighted by Gasteiger charge is -2.21. The highest BCUT2D eigenvalue weighted by molar-refractivity contribution is 6.30. The van der Waals surface area contributed by atoms with Crippen molar-refractivity contribution in [3.63, 3.8) is 0 Å². The third-order valence-electron chi connectivity index (χ3n) is 4.75. The van der Waals surface area contributed by atoms with Crippen LogP contribution in [0.4, 0.5) is 0 Å². The summed E-state index contributed by atoms with van der Waals surface area (Å²) in [5.74, 6) is 0.275. The molecule has 0 spiro atoms. The minimum absolute atomic E-state index is 0.0983. The Balaban J connectivity index is 2.11. The summed E-state index contributed by atoms with van der Waals surface area (Å²) in [6.45, 7) is 6.59. The fourth-order valence-electron chi connectivity index (χ4n) is 3.51. The van der Waals surface area contributed by atoms with Gasteiger partial charge in [-0.05, 0) is 65.9 Å². The molecule has 0 N–H and O–H groups in total. The number of benzene rings is 3. The van der Waals surface area contributed by atoms with Crippen LogP contribution in [0.5, 0.6) is 11.5 Å². The standard InChI is InChI=1S/C25H23ClO4/c1-15-12-20(8-10-23(15)29-17(3)27)25(19-6-5-7-22(26)14-19)21-9-11-24(16(2)13-21)30-18(4)28/h5-14,25H,1-4H3. The van der Waals surface area contributed by atoms with Gasteiger partial charge in [0.2, 0.25) is 0 Å². The van der Waals surface area contributed by atoms with E-state index in [0.717, 1.165) is 27.8 Å². The lowest BCUT2D eigenvalue weighted by atomic mass is 9.84. The van der Waals surface area contributed by atoms with E-state index < -0.39 is 0 Å². The predicted molar refractivity (Wildman–Crippen MR) is 117 cm³/mol. The summed E-state index contributed by atoms with van der Waals surface area (Å²) in [6, 6.07) is 19.3. The lowest BCUT2D eigenvalue weighted by Crippen LogP contribution is -2.08. The summed E-state index contributed by atoms with van der Waals surface area (Å²) in [5, 5.41) is 0.652. The van der Waals surface area contributed by atoms with E-state index in [1.807, 2.05) is 74.5 Å². The molecule has 0 aliphatic heterocycles. The molecule has 0 saturated carbocycles. The van der Waals surface area contributed by atoms with Crippen molar-refractivity contribution in [2.45, 2.75) is 33.6 Å². The molecule has 0 aliphatic rings. The molecule has 30 heavy (non-hydrogen) atoms. The number of halogens is 1. The molecule has 0 aliphatic carbocycles. The zero-order chi connectivity index (χ0) is 21.8. The van der Waals surface area contributed by atoms with E-state index in [9.17, 15) is 9.59 Å². The molecule has 0 amide bonds. The smallest absolute Gasteiger partial charge is 0.308 e. The number of carbonyl (C=O) groups is 2. The fraction of sp³-hybridized carbons (Fsp3) is 0.200. The molecule has 0 aromatic heterocycles. The van der Waals surface area contributed by atoms with Crippen molar-refractivity contribution in [1.29, 1.82) is 0 Å². The summed E-state index contributed by atoms with van der Waals surface area (Å²) >= 11 is 6.28. The van der Waals surface area contributed by atoms with Crippen LogP contribution in [0.15, 0.2) is 60.7 Å². The highest BCUT2D eigenvalue weighted by atomic mass is 35.5. The Kier molecular flexibility index (Phi) is 6.58. The maximum Gasteiger partial charge on any atom is 0.308 e. The average molecular weight is 423 g/mol. The van der Waals surface area contributed by atoms with Gasteiger partial charge in [-0.3, -0.25) is 9.59 Å². The van der Waals surface area contributed by atoms with Crippen molar-refractivity contribution in [3.05, 3.63) is 93.5 Å². The molecule has 0 bridgehead atoms. The van der Waals surface area contributed by atoms with E-state index in [4.69, 9.17) is 21.1 Å². The van der Waals surface area contributed by atoms with Crippen LogP contribution in [-0.2, 0) is 9.59 Å². The summed E-state index contributed by atoms with van der Waals surface area (Å²) in [6.07, 6.45) is 0. The lowest BCUT2D eigenvalue weighted by molar-refractivity contribution is -0.132. The first-order valence-electron chi connectivity index (χ1n) is 9.58. The van der Waals surface area contributed by atoms with E-state index >= 15 is 0 Å². The van der Waals surface area contributed by atoms with E-state index in [2.05, 4.69) is 0 Å². The van der Waals surface area contributed by atoms with Gasteiger partial charge >= 0.3 is 11.9 Å². The summed E-state index contributed by atoms with van der Waals surface area (Å²) in [7, 11) is 0. The van der Waals surface area contributed by atoms with Gasteiger partial charge in [0.15, 0.2) is 0 Å². The Hall–Kier alpha value is -3.11. The first-order chi connectivity index (χ1) is 14.2. The van der Waals surface area contributed by atoms with Crippen LogP contribution >= 0.6 is 11.6 Å². The van der Waals surface area contributed by atoms with Gasteiger partial charge in [0.1, 0.15) is 11.5 Å². The summed E-state index contributed by atoms with van der Waals surface area (Å²) in [5.41, 5.74) is 4.82. The van der Waals surface area contributed by atoms with Crippen molar-refractivity contribution in [1.82, 2.24) is 0 Å². The van der Waals surface area contributed by atoms with Gasteiger partial charge in [0, 0.05) is 24.8 Å². The largest absolute Gasteiger partial charge is 0.426 e. The number of carbonyl (C=O) groups excluding carboxylic acids is 2. The van der Waals surface area contributed by atoms with Crippen LogP contribution in [0.3, 0.4) is 0 Å². The molecule has 0 radical (unpaired) electrons. The molecular formula is C25H23ClO4. The molecule has 0 atom stereocenters. The SMILES string of the molecule is CC(=O)Oc1ccc(C(c2cccc(Cl)c2)c2ccc(OC(C)=O)c(C)c2)cc1C. The van der Waals surface area contributed by atoms with Crippen LogP contribution in [0.25, 0.3) is 0 Å². The third-order valence-corrected chi connectivity index (χ3v) is 4.99. The minimum Gasteiger partial charge on any atom is -0.426 e. The number of rotatable bonds is 5. The molecule has 154 valence electrons. The Bertz CT molecular complexity index is 1040. The monoisotopic (exact) mass is 422 g/mol. The van der Waals surface area contributed by atoms with Gasteiger partial charge in [-0.2, -0.15) is 0 Å². The van der Waals surface area contributed by atoms with Gasteiger partial charge < -0.3 is 9.47 Å². The number of esters is 2. The molecule has 0 saturated heterocycles. The van der Waals surface area contributed by atoms with E-state index in [1.165, 1.54) is 13.8 Å². The topological polar surface area (TPSA) is 52.6 Å². The van der Waals surface area contributed by atoms with Gasteiger partial charge in [-0.25, -0.2) is 0 Å². The van der Waals surface area contributed by atoms with Gasteiger partial charge in [0.05, 0.1) is 0 Å². The van der Waals surface area contributed by atoms with Crippen molar-refractivity contribution in [2.75, 3.05) is 0 Å². The van der Waals surface area contributed by atoms with E-state index in [1.54, 1.807) is 0 Å². The maximum atomic E-state index is 11.3. The third kappa shape index (κ3) is 5.08. The number of hydrogen-bond donors (Lipinski definition) is 0. The van der Waals surface area contributed by atoms with Crippen LogP contribution in [0.2, 0.25) is 5.02 Å². The molecule has 3 aromatic rings. The quantitative estimate of drug-likeness (QED) is 0.288. The van der Waals surface area contributed by atoms with Crippen LogP contribution in [-0.4, -0.2) is 11.9 Å². The second kappa shape index (κ2) is 9.14. The molecule has 3 rings (SSSR count). The number of aryl methyl sites for hydroxylation is 2. The highest BCUT2D eigenvalue weighted by Gasteiger charge is 2.20. The second-order valence-corrected chi connectivity index (χ2v) is 7.66. The fourth-order valence-corrected chi connectivity index (χ4v) is 3.71. The zero-order valence-corrected chi connectivity index (χ0v) is 18.1. The van der Waals surface area contributed by atoms with Crippen molar-refractivity contribution in [2.24, 2.45) is 0 Å². The van der Waals surface area contributed by atoms with Crippen LogP contribution < -0.4 is 9.47 Å². The molecule has 0 unspecified atom stereocenters. The second-order valence-electron chi connectivity index (χ2n) is 7.23. The molecule has 0 fully saturated rings. The molecular weight excluding hydrogens is 400 g/mol. The van der Waals surface area contributed by atoms with Gasteiger partial charge in [-0.15, -0.1) is 0 Å². The molecule has 4 nitrogen and oxygen atoms in total. The predicted octanol–water partition coefficient (Wildman–Crippen LogP) is 5.99. The number of ether oxygens (including phenoxy) is 2. The van der Waals surface area contributed by atoms with Gasteiger partial charge in [-0.1, -0.05) is 48.0 Å². The van der Waals surface area contributed by atoms with E-state index in [-0.39, 0.29) is 17.9 Å². The van der Waals surface area contributed by atoms with Crippen LogP contribution in [0.1, 0.15) is 47.6 Å². The Labute approximate surface area is 181 Å². The van der Waals surface area contributed by atoms with Crippen LogP contribution in [0, 0.1) is 13.8 Å². The van der Waals surface area contributed by atoms with Crippen molar-refractivity contribution >= 4 is 23.5 Å². The maximum absolute atomic E-state index is 11.3. The van der Waals surface area contributed by atoms with Gasteiger partial charge in [0.25, 0.3) is 0 Å². The van der Waals surface area contributed by atoms with Crippen molar-refractivity contribution in [3.8, 4) is 11.5 Å². The zero-order valence-electron chi connectivity index (χ0n) is 17.4. The number of hydrogen-bond acceptors (Lipinski definition) is 4. The van der Waals surface area contributed by atoms with Crippen molar-refractivity contribution < 1.29 is 19.1 Å².